The van der Waals surface area contributed by atoms with Gasteiger partial charge in [-0.2, -0.15) is 0 Å². The number of carboxylic acid groups (broad SMARTS) is 1. The molecule has 0 spiro atoms. The summed E-state index contributed by atoms with van der Waals surface area (Å²) in [5.74, 6) is -0.886. The first-order chi connectivity index (χ1) is 8.42. The third kappa shape index (κ3) is 2.34. The average molecular weight is 248 g/mol. The number of hydrogen-bond acceptors (Lipinski definition) is 3. The van der Waals surface area contributed by atoms with Crippen LogP contribution >= 0.6 is 0 Å². The number of anilines is 1. The minimum Gasteiger partial charge on any atom is -0.480 e. The number of carbonyl (C=O) groups is 1. The van der Waals surface area contributed by atoms with Crippen LogP contribution in [0.3, 0.4) is 0 Å². The quantitative estimate of drug-likeness (QED) is 0.835. The van der Waals surface area contributed by atoms with E-state index in [2.05, 4.69) is 36.9 Å². The second kappa shape index (κ2) is 4.61. The Morgan fingerprint density at radius 1 is 1.33 bits per heavy atom. The smallest absolute Gasteiger partial charge is 0.323 e. The van der Waals surface area contributed by atoms with E-state index in [1.54, 1.807) is 0 Å². The van der Waals surface area contributed by atoms with E-state index in [1.165, 1.54) is 16.8 Å². The highest BCUT2D eigenvalue weighted by Gasteiger charge is 2.37. The van der Waals surface area contributed by atoms with Gasteiger partial charge in [-0.05, 0) is 38.3 Å². The van der Waals surface area contributed by atoms with Gasteiger partial charge >= 0.3 is 5.97 Å². The minimum absolute atomic E-state index is 0.496. The van der Waals surface area contributed by atoms with Crippen LogP contribution in [-0.4, -0.2) is 29.7 Å². The molecule has 1 aliphatic heterocycles. The zero-order valence-corrected chi connectivity index (χ0v) is 10.9. The van der Waals surface area contributed by atoms with Gasteiger partial charge in [-0.15, -0.1) is 0 Å². The maximum Gasteiger partial charge on any atom is 0.323 e. The van der Waals surface area contributed by atoms with Gasteiger partial charge in [0.1, 0.15) is 5.54 Å². The zero-order valence-electron chi connectivity index (χ0n) is 10.9. The summed E-state index contributed by atoms with van der Waals surface area (Å²) in [6, 6.07) is 6.34. The standard InChI is InChI=1S/C14H20N2O2/c1-10-3-4-12(11(2)9-10)16-7-5-14(15,6-8-16)13(17)18/h3-4,9H,5-8,15H2,1-2H3,(H,17,18). The third-order valence-corrected chi connectivity index (χ3v) is 3.77. The van der Waals surface area contributed by atoms with E-state index in [-0.39, 0.29) is 0 Å². The highest BCUT2D eigenvalue weighted by molar-refractivity contribution is 5.79. The van der Waals surface area contributed by atoms with E-state index in [0.29, 0.717) is 25.9 Å². The van der Waals surface area contributed by atoms with Crippen molar-refractivity contribution in [2.45, 2.75) is 32.2 Å². The van der Waals surface area contributed by atoms with E-state index in [4.69, 9.17) is 10.8 Å². The lowest BCUT2D eigenvalue weighted by Crippen LogP contribution is -2.55. The first-order valence-corrected chi connectivity index (χ1v) is 6.27. The second-order valence-electron chi connectivity index (χ2n) is 5.24. The first kappa shape index (κ1) is 12.9. The van der Waals surface area contributed by atoms with Crippen molar-refractivity contribution in [3.8, 4) is 0 Å². The number of piperidine rings is 1. The van der Waals surface area contributed by atoms with Gasteiger partial charge in [0.05, 0.1) is 0 Å². The molecule has 1 heterocycles. The number of hydrogen-bond donors (Lipinski definition) is 2. The maximum absolute atomic E-state index is 11.1. The van der Waals surface area contributed by atoms with Crippen molar-refractivity contribution in [3.05, 3.63) is 29.3 Å². The Balaban J connectivity index is 2.12. The third-order valence-electron chi connectivity index (χ3n) is 3.77. The lowest BCUT2D eigenvalue weighted by atomic mass is 9.88. The number of aryl methyl sites for hydroxylation is 2. The van der Waals surface area contributed by atoms with Crippen LogP contribution in [0, 0.1) is 13.8 Å². The molecule has 0 unspecified atom stereocenters. The summed E-state index contributed by atoms with van der Waals surface area (Å²) in [6.07, 6.45) is 0.991. The fourth-order valence-corrected chi connectivity index (χ4v) is 2.52. The topological polar surface area (TPSA) is 66.6 Å². The number of aliphatic carboxylic acids is 1. The lowest BCUT2D eigenvalue weighted by molar-refractivity contribution is -0.144. The number of nitrogens with two attached hydrogens (primary N) is 1. The van der Waals surface area contributed by atoms with E-state index in [9.17, 15) is 4.79 Å². The summed E-state index contributed by atoms with van der Waals surface area (Å²) >= 11 is 0. The van der Waals surface area contributed by atoms with Crippen molar-refractivity contribution >= 4 is 11.7 Å². The van der Waals surface area contributed by atoms with Gasteiger partial charge in [0.15, 0.2) is 0 Å². The van der Waals surface area contributed by atoms with Crippen LogP contribution in [0.1, 0.15) is 24.0 Å². The molecule has 1 fully saturated rings. The highest BCUT2D eigenvalue weighted by atomic mass is 16.4. The molecule has 1 saturated heterocycles. The molecule has 0 aromatic heterocycles. The van der Waals surface area contributed by atoms with Gasteiger partial charge in [-0.1, -0.05) is 17.7 Å². The molecule has 98 valence electrons. The summed E-state index contributed by atoms with van der Waals surface area (Å²) in [5, 5.41) is 9.10. The molecular formula is C14H20N2O2. The Kier molecular flexibility index (Phi) is 3.30. The fourth-order valence-electron chi connectivity index (χ4n) is 2.52. The molecule has 0 bridgehead atoms. The molecule has 0 radical (unpaired) electrons. The van der Waals surface area contributed by atoms with Crippen molar-refractivity contribution in [2.24, 2.45) is 5.73 Å². The molecule has 1 aromatic rings. The molecule has 0 atom stereocenters. The van der Waals surface area contributed by atoms with E-state index in [0.717, 1.165) is 0 Å². The average Bonchev–Trinajstić information content (AvgIpc) is 2.31. The number of rotatable bonds is 2. The molecule has 1 aliphatic rings. The minimum atomic E-state index is -1.05. The van der Waals surface area contributed by atoms with Gasteiger partial charge in [0.2, 0.25) is 0 Å². The van der Waals surface area contributed by atoms with Crippen LogP contribution in [0.15, 0.2) is 18.2 Å². The molecule has 18 heavy (non-hydrogen) atoms. The number of nitrogens with zero attached hydrogens (tertiary/aromatic N) is 1. The Morgan fingerprint density at radius 3 is 2.44 bits per heavy atom. The Labute approximate surface area is 107 Å². The summed E-state index contributed by atoms with van der Waals surface area (Å²) in [7, 11) is 0. The molecule has 0 saturated carbocycles. The first-order valence-electron chi connectivity index (χ1n) is 6.27. The lowest BCUT2D eigenvalue weighted by Gasteiger charge is -2.38. The molecule has 0 aliphatic carbocycles. The molecule has 4 nitrogen and oxygen atoms in total. The largest absolute Gasteiger partial charge is 0.480 e. The normalized spacial score (nSPS) is 18.7. The van der Waals surface area contributed by atoms with Crippen LogP contribution in [0.5, 0.6) is 0 Å². The van der Waals surface area contributed by atoms with Crippen LogP contribution < -0.4 is 10.6 Å². The van der Waals surface area contributed by atoms with E-state index in [1.807, 2.05) is 0 Å². The fraction of sp³-hybridized carbons (Fsp3) is 0.500. The highest BCUT2D eigenvalue weighted by Crippen LogP contribution is 2.27. The van der Waals surface area contributed by atoms with E-state index < -0.39 is 11.5 Å². The van der Waals surface area contributed by atoms with Crippen LogP contribution in [0.2, 0.25) is 0 Å². The molecule has 1 aromatic carbocycles. The van der Waals surface area contributed by atoms with Crippen molar-refractivity contribution in [3.63, 3.8) is 0 Å². The van der Waals surface area contributed by atoms with Crippen LogP contribution in [-0.2, 0) is 4.79 Å². The SMILES string of the molecule is Cc1ccc(N2CCC(N)(C(=O)O)CC2)c(C)c1. The predicted molar refractivity (Wildman–Crippen MR) is 71.9 cm³/mol. The van der Waals surface area contributed by atoms with Gasteiger partial charge in [-0.25, -0.2) is 0 Å². The Bertz CT molecular complexity index is 463. The molecule has 3 N–H and O–H groups in total. The van der Waals surface area contributed by atoms with E-state index >= 15 is 0 Å². The van der Waals surface area contributed by atoms with Crippen molar-refractivity contribution in [2.75, 3.05) is 18.0 Å². The zero-order chi connectivity index (χ0) is 13.3. The van der Waals surface area contributed by atoms with Crippen molar-refractivity contribution in [1.82, 2.24) is 0 Å². The second-order valence-corrected chi connectivity index (χ2v) is 5.24. The summed E-state index contributed by atoms with van der Waals surface area (Å²) < 4.78 is 0. The molecule has 2 rings (SSSR count). The van der Waals surface area contributed by atoms with Crippen molar-refractivity contribution in [1.29, 1.82) is 0 Å². The Morgan fingerprint density at radius 2 is 1.94 bits per heavy atom. The van der Waals surface area contributed by atoms with Crippen LogP contribution in [0.25, 0.3) is 0 Å². The number of benzene rings is 1. The molecule has 0 amide bonds. The number of carboxylic acids is 1. The molecule has 4 heteroatoms. The van der Waals surface area contributed by atoms with Crippen molar-refractivity contribution < 1.29 is 9.90 Å². The van der Waals surface area contributed by atoms with Gasteiger partial charge in [-0.3, -0.25) is 4.79 Å². The maximum atomic E-state index is 11.1. The summed E-state index contributed by atoms with van der Waals surface area (Å²) in [6.45, 7) is 5.56. The van der Waals surface area contributed by atoms with Crippen LogP contribution in [0.4, 0.5) is 5.69 Å². The van der Waals surface area contributed by atoms with Gasteiger partial charge in [0.25, 0.3) is 0 Å². The van der Waals surface area contributed by atoms with Gasteiger partial charge < -0.3 is 15.7 Å². The monoisotopic (exact) mass is 248 g/mol. The molecular weight excluding hydrogens is 228 g/mol. The summed E-state index contributed by atoms with van der Waals surface area (Å²) in [5.41, 5.74) is 8.49. The Hall–Kier alpha value is -1.55. The van der Waals surface area contributed by atoms with Gasteiger partial charge in [0, 0.05) is 18.8 Å². The predicted octanol–water partition coefficient (Wildman–Crippen LogP) is 1.69. The summed E-state index contributed by atoms with van der Waals surface area (Å²) in [4.78, 5) is 13.3.